The largest absolute Gasteiger partial charge is 0.493 e. The van der Waals surface area contributed by atoms with Crippen LogP contribution >= 0.6 is 50.7 Å². The van der Waals surface area contributed by atoms with Crippen LogP contribution in [-0.4, -0.2) is 12.0 Å². The molecule has 186 valence electrons. The summed E-state index contributed by atoms with van der Waals surface area (Å²) in [5.41, 5.74) is 3.12. The third-order valence-corrected chi connectivity index (χ3v) is 8.26. The molecule has 2 aliphatic rings. The molecule has 0 saturated heterocycles. The molecule has 1 aliphatic heterocycles. The van der Waals surface area contributed by atoms with Crippen molar-refractivity contribution in [3.05, 3.63) is 101 Å². The number of nitro benzene ring substituents is 1. The normalized spacial score (nSPS) is 19.9. The van der Waals surface area contributed by atoms with Crippen molar-refractivity contribution < 1.29 is 14.4 Å². The van der Waals surface area contributed by atoms with E-state index in [1.807, 2.05) is 24.3 Å². The van der Waals surface area contributed by atoms with E-state index in [4.69, 9.17) is 44.3 Å². The zero-order valence-corrected chi connectivity index (χ0v) is 22.8. The number of rotatable bonds is 6. The first-order valence-electron chi connectivity index (χ1n) is 11.1. The number of benzene rings is 3. The zero-order chi connectivity index (χ0) is 25.6. The lowest BCUT2D eigenvalue weighted by Crippen LogP contribution is -2.30. The monoisotopic (exact) mass is 608 g/mol. The molecule has 1 aliphatic carbocycles. The molecule has 0 bridgehead atoms. The van der Waals surface area contributed by atoms with Gasteiger partial charge in [0.25, 0.3) is 5.69 Å². The molecule has 0 aromatic heterocycles. The standard InChI is InChI=1S/C26H20BrCl3N2O4/c1-35-22-11-14(10-17(27)26(22)36-12-13-5-6-18(28)20(30)9-13)24-16-4-2-3-15(16)23-21(32(33)34)8-7-19(29)25(23)31-24/h2-3,5-11,15-16,24,31H,4,12H2,1H3/t15-,16-,24-/m0/s1. The topological polar surface area (TPSA) is 73.6 Å². The van der Waals surface area contributed by atoms with Crippen molar-refractivity contribution in [2.75, 3.05) is 12.4 Å². The number of nitrogens with one attached hydrogen (secondary N) is 1. The van der Waals surface area contributed by atoms with Crippen molar-refractivity contribution >= 4 is 62.1 Å². The third-order valence-electron chi connectivity index (χ3n) is 6.62. The van der Waals surface area contributed by atoms with Crippen LogP contribution in [0, 0.1) is 16.0 Å². The van der Waals surface area contributed by atoms with Gasteiger partial charge in [-0.1, -0.05) is 53.0 Å². The molecule has 3 atom stereocenters. The minimum absolute atomic E-state index is 0.0757. The van der Waals surface area contributed by atoms with Crippen molar-refractivity contribution in [1.29, 1.82) is 0 Å². The molecule has 0 saturated carbocycles. The minimum atomic E-state index is -0.347. The van der Waals surface area contributed by atoms with E-state index in [1.54, 1.807) is 25.3 Å². The molecule has 0 fully saturated rings. The summed E-state index contributed by atoms with van der Waals surface area (Å²) in [6.45, 7) is 0.272. The van der Waals surface area contributed by atoms with Crippen LogP contribution in [0.15, 0.2) is 59.1 Å². The third kappa shape index (κ3) is 4.54. The number of allylic oxidation sites excluding steroid dienone is 2. The predicted octanol–water partition coefficient (Wildman–Crippen LogP) is 8.73. The molecule has 0 amide bonds. The maximum absolute atomic E-state index is 11.7. The molecule has 0 spiro atoms. The summed E-state index contributed by atoms with van der Waals surface area (Å²) < 4.78 is 12.5. The van der Waals surface area contributed by atoms with Crippen LogP contribution in [0.4, 0.5) is 11.4 Å². The second-order valence-corrected chi connectivity index (χ2v) is 10.7. The first kappa shape index (κ1) is 25.2. The number of nitrogens with zero attached hydrogens (tertiary/aromatic N) is 1. The van der Waals surface area contributed by atoms with Gasteiger partial charge in [-0.25, -0.2) is 0 Å². The van der Waals surface area contributed by atoms with Gasteiger partial charge in [0.2, 0.25) is 0 Å². The van der Waals surface area contributed by atoms with Gasteiger partial charge >= 0.3 is 0 Å². The Bertz CT molecular complexity index is 1400. The summed E-state index contributed by atoms with van der Waals surface area (Å²) in [5.74, 6) is 1.06. The summed E-state index contributed by atoms with van der Waals surface area (Å²) in [6.07, 6.45) is 4.90. The average Bonchev–Trinajstić information content (AvgIpc) is 3.34. The van der Waals surface area contributed by atoms with E-state index in [-0.39, 0.29) is 35.1 Å². The highest BCUT2D eigenvalue weighted by Crippen LogP contribution is 2.55. The number of methoxy groups -OCH3 is 1. The summed E-state index contributed by atoms with van der Waals surface area (Å²) in [6, 6.07) is 12.1. The molecular formula is C26H20BrCl3N2O4. The Morgan fingerprint density at radius 2 is 1.89 bits per heavy atom. The summed E-state index contributed by atoms with van der Waals surface area (Å²) >= 11 is 22.3. The van der Waals surface area contributed by atoms with Crippen LogP contribution in [0.1, 0.15) is 35.1 Å². The lowest BCUT2D eigenvalue weighted by Gasteiger charge is -2.37. The SMILES string of the molecule is COc1cc([C@@H]2Nc3c(Cl)ccc([N+](=O)[O-])c3[C@H]3C=CC[C@@H]32)cc(Br)c1OCc1ccc(Cl)c(Cl)c1. The van der Waals surface area contributed by atoms with Gasteiger partial charge in [0, 0.05) is 12.0 Å². The Balaban J connectivity index is 1.49. The molecule has 5 rings (SSSR count). The second-order valence-electron chi connectivity index (χ2n) is 8.66. The van der Waals surface area contributed by atoms with Crippen LogP contribution in [0.5, 0.6) is 11.5 Å². The Morgan fingerprint density at radius 1 is 1.11 bits per heavy atom. The summed E-state index contributed by atoms with van der Waals surface area (Å²) in [5, 5.41) is 16.6. The maximum Gasteiger partial charge on any atom is 0.275 e. The van der Waals surface area contributed by atoms with Crippen LogP contribution in [-0.2, 0) is 6.61 Å². The number of halogens is 4. The first-order valence-corrected chi connectivity index (χ1v) is 13.0. The lowest BCUT2D eigenvalue weighted by atomic mass is 9.76. The van der Waals surface area contributed by atoms with Crippen molar-refractivity contribution in [1.82, 2.24) is 0 Å². The number of anilines is 1. The zero-order valence-electron chi connectivity index (χ0n) is 18.9. The predicted molar refractivity (Wildman–Crippen MR) is 146 cm³/mol. The molecule has 10 heteroatoms. The molecule has 36 heavy (non-hydrogen) atoms. The Hall–Kier alpha value is -2.45. The summed E-state index contributed by atoms with van der Waals surface area (Å²) in [4.78, 5) is 11.4. The van der Waals surface area contributed by atoms with E-state index in [1.165, 1.54) is 6.07 Å². The van der Waals surface area contributed by atoms with Crippen molar-refractivity contribution in [2.24, 2.45) is 5.92 Å². The van der Waals surface area contributed by atoms with E-state index < -0.39 is 0 Å². The minimum Gasteiger partial charge on any atom is -0.493 e. The maximum atomic E-state index is 11.7. The van der Waals surface area contributed by atoms with E-state index >= 15 is 0 Å². The fourth-order valence-corrected chi connectivity index (χ4v) is 6.10. The highest BCUT2D eigenvalue weighted by Gasteiger charge is 2.42. The van der Waals surface area contributed by atoms with Gasteiger partial charge in [-0.2, -0.15) is 0 Å². The molecule has 3 aromatic carbocycles. The number of fused-ring (bicyclic) bond motifs is 3. The van der Waals surface area contributed by atoms with Gasteiger partial charge in [0.1, 0.15) is 6.61 Å². The van der Waals surface area contributed by atoms with Crippen LogP contribution < -0.4 is 14.8 Å². The van der Waals surface area contributed by atoms with Gasteiger partial charge < -0.3 is 14.8 Å². The van der Waals surface area contributed by atoms with Gasteiger partial charge in [-0.3, -0.25) is 10.1 Å². The molecule has 1 N–H and O–H groups in total. The Labute approximate surface area is 231 Å². The number of nitro groups is 1. The molecule has 0 unspecified atom stereocenters. The molecule has 3 aromatic rings. The quantitative estimate of drug-likeness (QED) is 0.172. The highest BCUT2D eigenvalue weighted by molar-refractivity contribution is 9.10. The highest BCUT2D eigenvalue weighted by atomic mass is 79.9. The lowest BCUT2D eigenvalue weighted by molar-refractivity contribution is -0.385. The van der Waals surface area contributed by atoms with Crippen molar-refractivity contribution in [2.45, 2.75) is 25.0 Å². The van der Waals surface area contributed by atoms with E-state index in [0.29, 0.717) is 37.8 Å². The van der Waals surface area contributed by atoms with Gasteiger partial charge in [0.15, 0.2) is 11.5 Å². The number of ether oxygens (including phenoxy) is 2. The van der Waals surface area contributed by atoms with Crippen molar-refractivity contribution in [3.63, 3.8) is 0 Å². The molecule has 6 nitrogen and oxygen atoms in total. The average molecular weight is 611 g/mol. The van der Waals surface area contributed by atoms with Gasteiger partial charge in [0.05, 0.1) is 48.9 Å². The Morgan fingerprint density at radius 3 is 2.61 bits per heavy atom. The molecular weight excluding hydrogens is 591 g/mol. The van der Waals surface area contributed by atoms with Gasteiger partial charge in [-0.05, 0) is 69.7 Å². The second kappa shape index (κ2) is 10.1. The van der Waals surface area contributed by atoms with E-state index in [9.17, 15) is 10.1 Å². The molecule has 1 heterocycles. The van der Waals surface area contributed by atoms with Crippen molar-refractivity contribution in [3.8, 4) is 11.5 Å². The molecule has 0 radical (unpaired) electrons. The Kier molecular flexibility index (Phi) is 7.10. The number of hydrogen-bond donors (Lipinski definition) is 1. The van der Waals surface area contributed by atoms with Crippen LogP contribution in [0.25, 0.3) is 0 Å². The first-order chi connectivity index (χ1) is 17.3. The fraction of sp³-hybridized carbons (Fsp3) is 0.231. The number of hydrogen-bond acceptors (Lipinski definition) is 5. The van der Waals surface area contributed by atoms with Gasteiger partial charge in [-0.15, -0.1) is 0 Å². The van der Waals surface area contributed by atoms with E-state index in [2.05, 4.69) is 27.3 Å². The van der Waals surface area contributed by atoms with E-state index in [0.717, 1.165) is 22.0 Å². The van der Waals surface area contributed by atoms with Crippen LogP contribution in [0.3, 0.4) is 0 Å². The van der Waals surface area contributed by atoms with Crippen LogP contribution in [0.2, 0.25) is 15.1 Å². The summed E-state index contributed by atoms with van der Waals surface area (Å²) in [7, 11) is 1.58. The smallest absolute Gasteiger partial charge is 0.275 e. The fourth-order valence-electron chi connectivity index (χ4n) is 4.99.